The van der Waals surface area contributed by atoms with Crippen LogP contribution in [0.4, 0.5) is 16.2 Å². The minimum atomic E-state index is -0.562. The zero-order valence-electron chi connectivity index (χ0n) is 16.3. The SMILES string of the molecule is CC(Nc1nc(N)ncc1C#N)c1cc2cccc(Cl)c2c(=O)n1-c1ccccc1F. The molecule has 0 saturated carbocycles. The molecule has 0 aliphatic heterocycles. The average molecular weight is 435 g/mol. The molecule has 1 unspecified atom stereocenters. The summed E-state index contributed by atoms with van der Waals surface area (Å²) in [6.45, 7) is 1.77. The number of nitrogen functional groups attached to an aromatic ring is 1. The lowest BCUT2D eigenvalue weighted by Crippen LogP contribution is -2.26. The first kappa shape index (κ1) is 20.3. The van der Waals surface area contributed by atoms with Crippen molar-refractivity contribution >= 4 is 34.1 Å². The largest absolute Gasteiger partial charge is 0.368 e. The Labute approximate surface area is 181 Å². The van der Waals surface area contributed by atoms with Crippen molar-refractivity contribution in [1.82, 2.24) is 14.5 Å². The Kier molecular flexibility index (Phi) is 5.28. The smallest absolute Gasteiger partial charge is 0.264 e. The van der Waals surface area contributed by atoms with Crippen molar-refractivity contribution in [3.63, 3.8) is 0 Å². The molecule has 1 atom stereocenters. The molecule has 0 amide bonds. The van der Waals surface area contributed by atoms with Gasteiger partial charge in [0.1, 0.15) is 23.3 Å². The lowest BCUT2D eigenvalue weighted by molar-refractivity contribution is 0.611. The van der Waals surface area contributed by atoms with Crippen molar-refractivity contribution in [1.29, 1.82) is 5.26 Å². The first-order valence-corrected chi connectivity index (χ1v) is 9.66. The topological polar surface area (TPSA) is 110 Å². The van der Waals surface area contributed by atoms with Gasteiger partial charge >= 0.3 is 0 Å². The summed E-state index contributed by atoms with van der Waals surface area (Å²) in [5.74, 6) is -0.361. The standard InChI is InChI=1S/C22H16ClFN6O/c1-12(28-20-14(10-25)11-27-22(26)29-20)18-9-13-5-4-6-15(23)19(13)21(31)30(18)17-8-3-2-7-16(17)24/h2-9,11-12H,1H3,(H3,26,27,28,29). The maximum absolute atomic E-state index is 14.7. The van der Waals surface area contributed by atoms with E-state index < -0.39 is 17.4 Å². The molecular weight excluding hydrogens is 419 g/mol. The molecule has 2 aromatic carbocycles. The van der Waals surface area contributed by atoms with Crippen LogP contribution in [0.3, 0.4) is 0 Å². The highest BCUT2D eigenvalue weighted by Gasteiger charge is 2.20. The molecule has 0 bridgehead atoms. The van der Waals surface area contributed by atoms with Gasteiger partial charge in [-0.15, -0.1) is 0 Å². The Bertz CT molecular complexity index is 1410. The van der Waals surface area contributed by atoms with Crippen LogP contribution in [0.5, 0.6) is 0 Å². The fourth-order valence-electron chi connectivity index (χ4n) is 3.41. The van der Waals surface area contributed by atoms with E-state index in [1.54, 1.807) is 43.3 Å². The second-order valence-corrected chi connectivity index (χ2v) is 7.24. The Morgan fingerprint density at radius 3 is 2.77 bits per heavy atom. The first-order valence-electron chi connectivity index (χ1n) is 9.29. The molecule has 4 aromatic rings. The second kappa shape index (κ2) is 8.05. The minimum absolute atomic E-state index is 0.00881. The maximum atomic E-state index is 14.7. The van der Waals surface area contributed by atoms with E-state index in [9.17, 15) is 14.4 Å². The Hall–Kier alpha value is -3.96. The molecule has 0 fully saturated rings. The molecule has 4 rings (SSSR count). The van der Waals surface area contributed by atoms with Crippen molar-refractivity contribution in [3.05, 3.63) is 87.2 Å². The Morgan fingerprint density at radius 1 is 1.26 bits per heavy atom. The highest BCUT2D eigenvalue weighted by molar-refractivity contribution is 6.35. The van der Waals surface area contributed by atoms with Crippen LogP contribution in [0.25, 0.3) is 16.5 Å². The van der Waals surface area contributed by atoms with Gasteiger partial charge in [-0.05, 0) is 36.6 Å². The van der Waals surface area contributed by atoms with E-state index in [0.717, 1.165) is 0 Å². The normalized spacial score (nSPS) is 11.8. The van der Waals surface area contributed by atoms with E-state index in [0.29, 0.717) is 11.1 Å². The van der Waals surface area contributed by atoms with E-state index in [2.05, 4.69) is 15.3 Å². The number of halogens is 2. The first-order chi connectivity index (χ1) is 14.9. The summed E-state index contributed by atoms with van der Waals surface area (Å²) < 4.78 is 16.0. The van der Waals surface area contributed by atoms with Crippen molar-refractivity contribution in [2.75, 3.05) is 11.1 Å². The zero-order chi connectivity index (χ0) is 22.1. The van der Waals surface area contributed by atoms with Crippen LogP contribution in [0.15, 0.2) is 59.5 Å². The van der Waals surface area contributed by atoms with Gasteiger partial charge in [-0.2, -0.15) is 10.2 Å². The van der Waals surface area contributed by atoms with E-state index >= 15 is 0 Å². The Morgan fingerprint density at radius 2 is 2.03 bits per heavy atom. The molecule has 0 aliphatic carbocycles. The van der Waals surface area contributed by atoms with E-state index in [1.165, 1.54) is 22.9 Å². The molecule has 7 nitrogen and oxygen atoms in total. The number of nitriles is 1. The third-order valence-electron chi connectivity index (χ3n) is 4.84. The molecule has 2 heterocycles. The molecule has 0 spiro atoms. The number of nitrogens with one attached hydrogen (secondary N) is 1. The van der Waals surface area contributed by atoms with Gasteiger partial charge in [-0.3, -0.25) is 9.36 Å². The third-order valence-corrected chi connectivity index (χ3v) is 5.16. The van der Waals surface area contributed by atoms with Crippen LogP contribution in [0.2, 0.25) is 5.02 Å². The fraction of sp³-hybridized carbons (Fsp3) is 0.0909. The van der Waals surface area contributed by atoms with Gasteiger partial charge in [0.25, 0.3) is 5.56 Å². The molecule has 0 radical (unpaired) electrons. The maximum Gasteiger partial charge on any atom is 0.264 e. The predicted molar refractivity (Wildman–Crippen MR) is 118 cm³/mol. The second-order valence-electron chi connectivity index (χ2n) is 6.83. The summed E-state index contributed by atoms with van der Waals surface area (Å²) >= 11 is 6.29. The number of nitrogens with two attached hydrogens (primary N) is 1. The summed E-state index contributed by atoms with van der Waals surface area (Å²) in [7, 11) is 0. The van der Waals surface area contributed by atoms with Crippen molar-refractivity contribution in [2.24, 2.45) is 0 Å². The number of hydrogen-bond acceptors (Lipinski definition) is 6. The number of fused-ring (bicyclic) bond motifs is 1. The number of aromatic nitrogens is 3. The van der Waals surface area contributed by atoms with Gasteiger partial charge in [-0.1, -0.05) is 35.9 Å². The number of pyridine rings is 1. The molecule has 31 heavy (non-hydrogen) atoms. The lowest BCUT2D eigenvalue weighted by atomic mass is 10.1. The Balaban J connectivity index is 1.96. The summed E-state index contributed by atoms with van der Waals surface area (Å²) in [6.07, 6.45) is 1.31. The lowest BCUT2D eigenvalue weighted by Gasteiger charge is -2.22. The number of benzene rings is 2. The molecule has 154 valence electrons. The van der Waals surface area contributed by atoms with Crippen molar-refractivity contribution < 1.29 is 4.39 Å². The summed E-state index contributed by atoms with van der Waals surface area (Å²) in [4.78, 5) is 21.3. The highest BCUT2D eigenvalue weighted by Crippen LogP contribution is 2.28. The third kappa shape index (κ3) is 3.67. The van der Waals surface area contributed by atoms with Crippen LogP contribution in [-0.4, -0.2) is 14.5 Å². The highest BCUT2D eigenvalue weighted by atomic mass is 35.5. The average Bonchev–Trinajstić information content (AvgIpc) is 2.74. The molecule has 9 heteroatoms. The van der Waals surface area contributed by atoms with Gasteiger partial charge in [0, 0.05) is 5.69 Å². The number of hydrogen-bond donors (Lipinski definition) is 2. The van der Waals surface area contributed by atoms with Gasteiger partial charge in [0.05, 0.1) is 28.3 Å². The van der Waals surface area contributed by atoms with Gasteiger partial charge in [-0.25, -0.2) is 9.37 Å². The van der Waals surface area contributed by atoms with Gasteiger partial charge < -0.3 is 11.1 Å². The number of rotatable bonds is 4. The summed E-state index contributed by atoms with van der Waals surface area (Å²) in [6, 6.07) is 14.3. The van der Waals surface area contributed by atoms with Crippen LogP contribution in [0.1, 0.15) is 24.2 Å². The zero-order valence-corrected chi connectivity index (χ0v) is 17.1. The monoisotopic (exact) mass is 434 g/mol. The molecule has 0 saturated heterocycles. The molecule has 2 aromatic heterocycles. The van der Waals surface area contributed by atoms with Crippen LogP contribution < -0.4 is 16.6 Å². The molecule has 3 N–H and O–H groups in total. The summed E-state index contributed by atoms with van der Waals surface area (Å²) in [5, 5.41) is 13.6. The number of anilines is 2. The van der Waals surface area contributed by atoms with E-state index in [-0.39, 0.29) is 33.4 Å². The van der Waals surface area contributed by atoms with Gasteiger partial charge in [0.2, 0.25) is 5.95 Å². The predicted octanol–water partition coefficient (Wildman–Crippen LogP) is 4.20. The van der Waals surface area contributed by atoms with Crippen molar-refractivity contribution in [3.8, 4) is 11.8 Å². The quantitative estimate of drug-likeness (QED) is 0.498. The summed E-state index contributed by atoms with van der Waals surface area (Å²) in [5.41, 5.74) is 5.92. The number of para-hydroxylation sites is 1. The number of nitrogens with zero attached hydrogens (tertiary/aromatic N) is 4. The van der Waals surface area contributed by atoms with Gasteiger partial charge in [0.15, 0.2) is 0 Å². The van der Waals surface area contributed by atoms with E-state index in [1.807, 2.05) is 6.07 Å². The van der Waals surface area contributed by atoms with Crippen LogP contribution in [-0.2, 0) is 0 Å². The fourth-order valence-corrected chi connectivity index (χ4v) is 3.67. The van der Waals surface area contributed by atoms with Crippen LogP contribution in [0, 0.1) is 17.1 Å². The van der Waals surface area contributed by atoms with Crippen LogP contribution >= 0.6 is 11.6 Å². The van der Waals surface area contributed by atoms with E-state index in [4.69, 9.17) is 17.3 Å². The van der Waals surface area contributed by atoms with Crippen molar-refractivity contribution in [2.45, 2.75) is 13.0 Å². The minimum Gasteiger partial charge on any atom is -0.368 e. The molecule has 0 aliphatic rings. The molecular formula is C22H16ClFN6O.